The summed E-state index contributed by atoms with van der Waals surface area (Å²) in [5.74, 6) is 1.00. The number of ether oxygens (including phenoxy) is 2. The minimum Gasteiger partial charge on any atom is -0.496 e. The average molecular weight is 368 g/mol. The van der Waals surface area contributed by atoms with Crippen LogP contribution < -0.4 is 4.74 Å². The SMILES string of the molecule is COc1cc(C#N)ccc1-c1cnn(CC2CN(C(=O)OC(C)(C)C)C2)c1. The second-order valence-electron chi connectivity index (χ2n) is 7.73. The number of likely N-dealkylation sites (tertiary alicyclic amines) is 1. The summed E-state index contributed by atoms with van der Waals surface area (Å²) >= 11 is 0. The standard InChI is InChI=1S/C20H24N4O3/c1-20(2,3)27-19(25)23-10-15(11-23)12-24-13-16(9-22-24)17-6-5-14(8-21)7-18(17)26-4/h5-7,9,13,15H,10-12H2,1-4H3. The molecule has 0 aliphatic carbocycles. The zero-order chi connectivity index (χ0) is 19.6. The van der Waals surface area contributed by atoms with Crippen LogP contribution in [0.25, 0.3) is 11.1 Å². The van der Waals surface area contributed by atoms with Crippen molar-refractivity contribution in [3.05, 3.63) is 36.2 Å². The number of rotatable bonds is 4. The normalized spacial score (nSPS) is 14.4. The Kier molecular flexibility index (Phi) is 5.08. The van der Waals surface area contributed by atoms with Gasteiger partial charge in [-0.25, -0.2) is 4.79 Å². The molecule has 2 heterocycles. The van der Waals surface area contributed by atoms with E-state index in [0.717, 1.165) is 17.7 Å². The Morgan fingerprint density at radius 2 is 2.11 bits per heavy atom. The molecule has 0 saturated carbocycles. The van der Waals surface area contributed by atoms with Gasteiger partial charge in [0, 0.05) is 42.9 Å². The molecule has 2 aromatic rings. The molecule has 1 aliphatic heterocycles. The Balaban J connectivity index is 1.60. The van der Waals surface area contributed by atoms with E-state index in [1.807, 2.05) is 37.7 Å². The van der Waals surface area contributed by atoms with E-state index in [9.17, 15) is 4.79 Å². The number of methoxy groups -OCH3 is 1. The molecule has 0 unspecified atom stereocenters. The van der Waals surface area contributed by atoms with E-state index in [2.05, 4.69) is 11.2 Å². The van der Waals surface area contributed by atoms with E-state index >= 15 is 0 Å². The zero-order valence-electron chi connectivity index (χ0n) is 16.1. The lowest BCUT2D eigenvalue weighted by molar-refractivity contribution is -0.00383. The first-order chi connectivity index (χ1) is 12.8. The van der Waals surface area contributed by atoms with Crippen LogP contribution in [0.5, 0.6) is 5.75 Å². The van der Waals surface area contributed by atoms with E-state index in [0.29, 0.717) is 30.3 Å². The van der Waals surface area contributed by atoms with Crippen LogP contribution in [0.2, 0.25) is 0 Å². The fraction of sp³-hybridized carbons (Fsp3) is 0.450. The summed E-state index contributed by atoms with van der Waals surface area (Å²) in [5, 5.41) is 13.4. The van der Waals surface area contributed by atoms with Gasteiger partial charge in [-0.3, -0.25) is 4.68 Å². The van der Waals surface area contributed by atoms with Crippen molar-refractivity contribution in [3.8, 4) is 22.9 Å². The maximum absolute atomic E-state index is 12.0. The fourth-order valence-corrected chi connectivity index (χ4v) is 3.03. The van der Waals surface area contributed by atoms with Gasteiger partial charge >= 0.3 is 6.09 Å². The number of aromatic nitrogens is 2. The number of carbonyl (C=O) groups excluding carboxylic acids is 1. The van der Waals surface area contributed by atoms with Gasteiger partial charge in [0.1, 0.15) is 11.4 Å². The summed E-state index contributed by atoms with van der Waals surface area (Å²) in [6, 6.07) is 7.46. The van der Waals surface area contributed by atoms with Crippen LogP contribution in [0.3, 0.4) is 0 Å². The molecule has 0 spiro atoms. The number of benzene rings is 1. The molecule has 0 bridgehead atoms. The zero-order valence-corrected chi connectivity index (χ0v) is 16.1. The quantitative estimate of drug-likeness (QED) is 0.827. The predicted octanol–water partition coefficient (Wildman–Crippen LogP) is 3.30. The molecule has 1 amide bonds. The molecule has 1 aliphatic rings. The van der Waals surface area contributed by atoms with Crippen LogP contribution >= 0.6 is 0 Å². The molecular formula is C20H24N4O3. The molecule has 7 nitrogen and oxygen atoms in total. The van der Waals surface area contributed by atoms with Crippen molar-refractivity contribution in [2.24, 2.45) is 5.92 Å². The predicted molar refractivity (Wildman–Crippen MR) is 100 cm³/mol. The minimum atomic E-state index is -0.473. The van der Waals surface area contributed by atoms with Crippen LogP contribution in [0, 0.1) is 17.2 Å². The lowest BCUT2D eigenvalue weighted by Crippen LogP contribution is -2.52. The molecule has 1 aromatic heterocycles. The van der Waals surface area contributed by atoms with Crippen LogP contribution in [0.4, 0.5) is 4.79 Å². The molecule has 3 rings (SSSR count). The summed E-state index contributed by atoms with van der Waals surface area (Å²) in [6.07, 6.45) is 3.48. The summed E-state index contributed by atoms with van der Waals surface area (Å²) < 4.78 is 12.7. The number of nitrogens with zero attached hydrogens (tertiary/aromatic N) is 4. The summed E-state index contributed by atoms with van der Waals surface area (Å²) in [7, 11) is 1.59. The molecule has 1 saturated heterocycles. The summed E-state index contributed by atoms with van der Waals surface area (Å²) in [4.78, 5) is 13.7. The van der Waals surface area contributed by atoms with Crippen molar-refractivity contribution in [1.29, 1.82) is 5.26 Å². The van der Waals surface area contributed by atoms with Gasteiger partial charge in [-0.2, -0.15) is 10.4 Å². The van der Waals surface area contributed by atoms with E-state index < -0.39 is 5.60 Å². The lowest BCUT2D eigenvalue weighted by Gasteiger charge is -2.39. The number of hydrogen-bond donors (Lipinski definition) is 0. The maximum atomic E-state index is 12.0. The van der Waals surface area contributed by atoms with Crippen molar-refractivity contribution in [2.45, 2.75) is 32.9 Å². The first kappa shape index (κ1) is 18.8. The first-order valence-corrected chi connectivity index (χ1v) is 8.88. The smallest absolute Gasteiger partial charge is 0.410 e. The number of carbonyl (C=O) groups is 1. The molecule has 0 atom stereocenters. The Morgan fingerprint density at radius 1 is 1.37 bits per heavy atom. The molecule has 27 heavy (non-hydrogen) atoms. The molecule has 7 heteroatoms. The molecule has 1 fully saturated rings. The number of hydrogen-bond acceptors (Lipinski definition) is 5. The Labute approximate surface area is 159 Å². The monoisotopic (exact) mass is 368 g/mol. The molecular weight excluding hydrogens is 344 g/mol. The highest BCUT2D eigenvalue weighted by Gasteiger charge is 2.33. The number of amides is 1. The van der Waals surface area contributed by atoms with Crippen molar-refractivity contribution in [3.63, 3.8) is 0 Å². The van der Waals surface area contributed by atoms with Crippen molar-refractivity contribution >= 4 is 6.09 Å². The minimum absolute atomic E-state index is 0.262. The second kappa shape index (κ2) is 7.31. The van der Waals surface area contributed by atoms with Gasteiger partial charge in [0.05, 0.1) is 24.9 Å². The average Bonchev–Trinajstić information content (AvgIpc) is 3.03. The molecule has 1 aromatic carbocycles. The first-order valence-electron chi connectivity index (χ1n) is 8.88. The summed E-state index contributed by atoms with van der Waals surface area (Å²) in [5.41, 5.74) is 1.91. The van der Waals surface area contributed by atoms with Gasteiger partial charge in [0.15, 0.2) is 0 Å². The number of nitriles is 1. The van der Waals surface area contributed by atoms with Crippen molar-refractivity contribution < 1.29 is 14.3 Å². The lowest BCUT2D eigenvalue weighted by atomic mass is 10.0. The second-order valence-corrected chi connectivity index (χ2v) is 7.73. The molecule has 0 radical (unpaired) electrons. The van der Waals surface area contributed by atoms with Crippen molar-refractivity contribution in [2.75, 3.05) is 20.2 Å². The third-order valence-electron chi connectivity index (χ3n) is 4.33. The molecule has 142 valence electrons. The molecule has 0 N–H and O–H groups in total. The van der Waals surface area contributed by atoms with E-state index in [4.69, 9.17) is 14.7 Å². The van der Waals surface area contributed by atoms with E-state index in [-0.39, 0.29) is 6.09 Å². The highest BCUT2D eigenvalue weighted by atomic mass is 16.6. The fourth-order valence-electron chi connectivity index (χ4n) is 3.03. The van der Waals surface area contributed by atoms with E-state index in [1.165, 1.54) is 0 Å². The Hall–Kier alpha value is -3.01. The van der Waals surface area contributed by atoms with Gasteiger partial charge in [0.25, 0.3) is 0 Å². The third kappa shape index (κ3) is 4.40. The highest BCUT2D eigenvalue weighted by molar-refractivity contribution is 5.70. The van der Waals surface area contributed by atoms with Crippen LogP contribution in [-0.4, -0.2) is 46.6 Å². The van der Waals surface area contributed by atoms with Crippen LogP contribution in [0.15, 0.2) is 30.6 Å². The van der Waals surface area contributed by atoms with Gasteiger partial charge in [-0.15, -0.1) is 0 Å². The van der Waals surface area contributed by atoms with Gasteiger partial charge in [0.2, 0.25) is 0 Å². The van der Waals surface area contributed by atoms with E-state index in [1.54, 1.807) is 30.3 Å². The Morgan fingerprint density at radius 3 is 2.74 bits per heavy atom. The summed E-state index contributed by atoms with van der Waals surface area (Å²) in [6.45, 7) is 7.67. The van der Waals surface area contributed by atoms with Gasteiger partial charge < -0.3 is 14.4 Å². The van der Waals surface area contributed by atoms with Crippen LogP contribution in [0.1, 0.15) is 26.3 Å². The third-order valence-corrected chi connectivity index (χ3v) is 4.33. The maximum Gasteiger partial charge on any atom is 0.410 e. The van der Waals surface area contributed by atoms with Gasteiger partial charge in [-0.05, 0) is 39.0 Å². The Bertz CT molecular complexity index is 870. The van der Waals surface area contributed by atoms with Crippen LogP contribution in [-0.2, 0) is 11.3 Å². The van der Waals surface area contributed by atoms with Gasteiger partial charge in [-0.1, -0.05) is 0 Å². The highest BCUT2D eigenvalue weighted by Crippen LogP contribution is 2.31. The largest absolute Gasteiger partial charge is 0.496 e. The van der Waals surface area contributed by atoms with Crippen molar-refractivity contribution in [1.82, 2.24) is 14.7 Å². The topological polar surface area (TPSA) is 80.4 Å².